The normalized spacial score (nSPS) is 11.6. The molecule has 0 radical (unpaired) electrons. The molecule has 0 fully saturated rings. The van der Waals surface area contributed by atoms with Crippen molar-refractivity contribution in [2.24, 2.45) is 11.5 Å². The Morgan fingerprint density at radius 3 is 2.00 bits per heavy atom. The maximum Gasteiger partial charge on any atom is 0.237 e. The van der Waals surface area contributed by atoms with Gasteiger partial charge in [0.1, 0.15) is 4.99 Å². The lowest BCUT2D eigenvalue weighted by Gasteiger charge is -1.94. The van der Waals surface area contributed by atoms with Crippen LogP contribution >= 0.6 is 12.2 Å². The van der Waals surface area contributed by atoms with Crippen LogP contribution in [0.25, 0.3) is 4.85 Å². The fourth-order valence-corrected chi connectivity index (χ4v) is 0.544. The second-order valence-corrected chi connectivity index (χ2v) is 1.95. The zero-order valence-electron chi connectivity index (χ0n) is 5.01. The quantitative estimate of drug-likeness (QED) is 0.315. The standard InChI is InChI=1S/C5H7N3S/c1-3(6)4(8-2)5(7)9/h6H2,1H3,(H2,7,9)/b4-3+. The summed E-state index contributed by atoms with van der Waals surface area (Å²) in [6.07, 6.45) is 0. The summed E-state index contributed by atoms with van der Waals surface area (Å²) in [4.78, 5) is 3.09. The fourth-order valence-electron chi connectivity index (χ4n) is 0.338. The van der Waals surface area contributed by atoms with E-state index in [-0.39, 0.29) is 10.7 Å². The molecule has 0 bridgehead atoms. The van der Waals surface area contributed by atoms with Gasteiger partial charge in [-0.2, -0.15) is 0 Å². The summed E-state index contributed by atoms with van der Waals surface area (Å²) >= 11 is 4.52. The highest BCUT2D eigenvalue weighted by atomic mass is 32.1. The molecule has 0 spiro atoms. The van der Waals surface area contributed by atoms with Crippen molar-refractivity contribution in [2.75, 3.05) is 0 Å². The van der Waals surface area contributed by atoms with E-state index in [1.807, 2.05) is 0 Å². The lowest BCUT2D eigenvalue weighted by Crippen LogP contribution is -2.13. The molecule has 0 aliphatic carbocycles. The molecular weight excluding hydrogens is 134 g/mol. The summed E-state index contributed by atoms with van der Waals surface area (Å²) in [5.41, 5.74) is 10.9. The molecule has 0 aliphatic heterocycles. The number of nitrogens with two attached hydrogens (primary N) is 2. The van der Waals surface area contributed by atoms with Gasteiger partial charge in [0, 0.05) is 5.70 Å². The van der Waals surface area contributed by atoms with Gasteiger partial charge in [-0.05, 0) is 6.92 Å². The van der Waals surface area contributed by atoms with E-state index in [1.165, 1.54) is 0 Å². The summed E-state index contributed by atoms with van der Waals surface area (Å²) in [5.74, 6) is 0. The third-order valence-corrected chi connectivity index (χ3v) is 0.912. The zero-order valence-corrected chi connectivity index (χ0v) is 5.83. The highest BCUT2D eigenvalue weighted by Gasteiger charge is 2.00. The van der Waals surface area contributed by atoms with Crippen molar-refractivity contribution >= 4 is 17.2 Å². The first-order valence-electron chi connectivity index (χ1n) is 2.23. The van der Waals surface area contributed by atoms with E-state index in [9.17, 15) is 0 Å². The number of thiocarbonyl (C=S) groups is 1. The van der Waals surface area contributed by atoms with Gasteiger partial charge in [0.2, 0.25) is 5.70 Å². The molecule has 4 heteroatoms. The smallest absolute Gasteiger partial charge is 0.237 e. The first-order valence-corrected chi connectivity index (χ1v) is 2.64. The molecular formula is C5H7N3S. The molecule has 0 aliphatic rings. The first-order chi connectivity index (χ1) is 4.09. The Balaban J connectivity index is 4.62. The van der Waals surface area contributed by atoms with E-state index in [0.29, 0.717) is 5.70 Å². The van der Waals surface area contributed by atoms with Gasteiger partial charge in [0.15, 0.2) is 0 Å². The Morgan fingerprint density at radius 1 is 1.56 bits per heavy atom. The Bertz CT molecular complexity index is 195. The molecule has 0 atom stereocenters. The maximum absolute atomic E-state index is 6.54. The average molecular weight is 141 g/mol. The van der Waals surface area contributed by atoms with Crippen molar-refractivity contribution in [3.05, 3.63) is 22.8 Å². The van der Waals surface area contributed by atoms with Gasteiger partial charge >= 0.3 is 0 Å². The summed E-state index contributed by atoms with van der Waals surface area (Å²) in [6, 6.07) is 0. The maximum atomic E-state index is 6.54. The van der Waals surface area contributed by atoms with Crippen LogP contribution in [0.4, 0.5) is 0 Å². The van der Waals surface area contributed by atoms with Crippen LogP contribution in [0.2, 0.25) is 0 Å². The molecule has 0 saturated carbocycles. The fraction of sp³-hybridized carbons (Fsp3) is 0.200. The van der Waals surface area contributed by atoms with Crippen molar-refractivity contribution in [2.45, 2.75) is 6.92 Å². The van der Waals surface area contributed by atoms with Crippen LogP contribution < -0.4 is 11.5 Å². The molecule has 0 aromatic rings. The van der Waals surface area contributed by atoms with Crippen molar-refractivity contribution in [3.63, 3.8) is 0 Å². The van der Waals surface area contributed by atoms with Crippen molar-refractivity contribution < 1.29 is 0 Å². The minimum atomic E-state index is 0.0602. The molecule has 4 N–H and O–H groups in total. The van der Waals surface area contributed by atoms with Crippen LogP contribution in [0.15, 0.2) is 11.4 Å². The number of hydrogen-bond donors (Lipinski definition) is 2. The Labute approximate surface area is 59.2 Å². The van der Waals surface area contributed by atoms with Gasteiger partial charge in [-0.15, -0.1) is 0 Å². The van der Waals surface area contributed by atoms with Crippen molar-refractivity contribution in [1.29, 1.82) is 0 Å². The molecule has 0 rings (SSSR count). The minimum absolute atomic E-state index is 0.0602. The number of hydrogen-bond acceptors (Lipinski definition) is 2. The molecule has 48 valence electrons. The number of rotatable bonds is 1. The van der Waals surface area contributed by atoms with Crippen LogP contribution in [0.1, 0.15) is 6.92 Å². The van der Waals surface area contributed by atoms with Gasteiger partial charge in [-0.1, -0.05) is 12.2 Å². The van der Waals surface area contributed by atoms with Crippen LogP contribution in [-0.4, -0.2) is 4.99 Å². The second-order valence-electron chi connectivity index (χ2n) is 1.51. The number of allylic oxidation sites excluding steroid dienone is 1. The van der Waals surface area contributed by atoms with E-state index in [1.54, 1.807) is 6.92 Å². The third kappa shape index (κ3) is 2.11. The lowest BCUT2D eigenvalue weighted by atomic mass is 10.4. The summed E-state index contributed by atoms with van der Waals surface area (Å²) in [5, 5.41) is 0. The largest absolute Gasteiger partial charge is 0.411 e. The summed E-state index contributed by atoms with van der Waals surface area (Å²) in [7, 11) is 0. The van der Waals surface area contributed by atoms with Gasteiger partial charge in [-0.25, -0.2) is 4.85 Å². The van der Waals surface area contributed by atoms with Crippen molar-refractivity contribution in [3.8, 4) is 0 Å². The van der Waals surface area contributed by atoms with E-state index < -0.39 is 0 Å². The Kier molecular flexibility index (Phi) is 2.68. The van der Waals surface area contributed by atoms with E-state index >= 15 is 0 Å². The Morgan fingerprint density at radius 2 is 2.00 bits per heavy atom. The highest BCUT2D eigenvalue weighted by Crippen LogP contribution is 1.99. The summed E-state index contributed by atoms with van der Waals surface area (Å²) in [6.45, 7) is 8.13. The SMILES string of the molecule is [C-]#[N+]/C(C(N)=S)=C(\C)N. The third-order valence-electron chi connectivity index (χ3n) is 0.719. The lowest BCUT2D eigenvalue weighted by molar-refractivity contribution is 1.29. The molecule has 0 heterocycles. The molecule has 9 heavy (non-hydrogen) atoms. The Hall–Kier alpha value is -1.08. The monoisotopic (exact) mass is 141 g/mol. The van der Waals surface area contributed by atoms with Gasteiger partial charge in [0.05, 0.1) is 6.57 Å². The van der Waals surface area contributed by atoms with Crippen LogP contribution in [0.3, 0.4) is 0 Å². The predicted octanol–water partition coefficient (Wildman–Crippen LogP) is 0.382. The second kappa shape index (κ2) is 3.05. The van der Waals surface area contributed by atoms with Crippen molar-refractivity contribution in [1.82, 2.24) is 0 Å². The highest BCUT2D eigenvalue weighted by molar-refractivity contribution is 7.80. The summed E-state index contributed by atoms with van der Waals surface area (Å²) < 4.78 is 0. The van der Waals surface area contributed by atoms with Gasteiger partial charge < -0.3 is 11.5 Å². The molecule has 0 aromatic carbocycles. The van der Waals surface area contributed by atoms with E-state index in [4.69, 9.17) is 18.0 Å². The van der Waals surface area contributed by atoms with Gasteiger partial charge in [-0.3, -0.25) is 0 Å². The molecule has 0 saturated heterocycles. The molecule has 3 nitrogen and oxygen atoms in total. The van der Waals surface area contributed by atoms with Gasteiger partial charge in [0.25, 0.3) is 0 Å². The van der Waals surface area contributed by atoms with Crippen LogP contribution in [-0.2, 0) is 0 Å². The first kappa shape index (κ1) is 7.92. The minimum Gasteiger partial charge on any atom is -0.411 e. The molecule has 0 unspecified atom stereocenters. The average Bonchev–Trinajstić information content (AvgIpc) is 1.64. The van der Waals surface area contributed by atoms with Crippen LogP contribution in [0, 0.1) is 6.57 Å². The van der Waals surface area contributed by atoms with Crippen LogP contribution in [0.5, 0.6) is 0 Å². The predicted molar refractivity (Wildman–Crippen MR) is 40.3 cm³/mol. The zero-order chi connectivity index (χ0) is 7.44. The molecule has 0 amide bonds. The number of nitrogens with zero attached hydrogens (tertiary/aromatic N) is 1. The van der Waals surface area contributed by atoms with E-state index in [2.05, 4.69) is 17.1 Å². The molecule has 0 aromatic heterocycles. The van der Waals surface area contributed by atoms with E-state index in [0.717, 1.165) is 0 Å². The topological polar surface area (TPSA) is 56.4 Å².